The summed E-state index contributed by atoms with van der Waals surface area (Å²) in [6, 6.07) is 9.04. The van der Waals surface area contributed by atoms with Crippen LogP contribution in [0.2, 0.25) is 0 Å². The lowest BCUT2D eigenvalue weighted by molar-refractivity contribution is -0.193. The van der Waals surface area contributed by atoms with E-state index in [1.54, 1.807) is 23.7 Å². The number of pyridine rings is 1. The number of alkyl halides is 6. The highest BCUT2D eigenvalue weighted by Crippen LogP contribution is 2.34. The van der Waals surface area contributed by atoms with Crippen LogP contribution in [0.4, 0.5) is 26.3 Å². The van der Waals surface area contributed by atoms with Gasteiger partial charge in [-0.2, -0.15) is 26.3 Å². The molecule has 0 saturated carbocycles. The first kappa shape index (κ1) is 29.0. The molecule has 2 aliphatic heterocycles. The first-order chi connectivity index (χ1) is 16.7. The van der Waals surface area contributed by atoms with Gasteiger partial charge in [0.15, 0.2) is 0 Å². The summed E-state index contributed by atoms with van der Waals surface area (Å²) in [5.41, 5.74) is 1.17. The average molecular weight is 541 g/mol. The number of aliphatic carboxylic acids is 2. The highest BCUT2D eigenvalue weighted by Gasteiger charge is 2.46. The van der Waals surface area contributed by atoms with Crippen LogP contribution in [0, 0.1) is 0 Å². The fourth-order valence-corrected chi connectivity index (χ4v) is 4.43. The minimum absolute atomic E-state index is 0.294. The Morgan fingerprint density at radius 1 is 0.972 bits per heavy atom. The Labute approximate surface area is 204 Å². The first-order valence-corrected chi connectivity index (χ1v) is 11.1. The summed E-state index contributed by atoms with van der Waals surface area (Å²) in [5, 5.41) is 16.4. The molecule has 1 amide bonds. The fourth-order valence-electron chi connectivity index (χ4n) is 3.70. The van der Waals surface area contributed by atoms with Gasteiger partial charge in [-0.1, -0.05) is 6.07 Å². The van der Waals surface area contributed by atoms with E-state index in [4.69, 9.17) is 19.8 Å². The van der Waals surface area contributed by atoms with Crippen molar-refractivity contribution < 1.29 is 50.9 Å². The molecule has 0 aromatic carbocycles. The third kappa shape index (κ3) is 8.48. The van der Waals surface area contributed by atoms with Crippen LogP contribution in [0.5, 0.6) is 0 Å². The van der Waals surface area contributed by atoms with Gasteiger partial charge in [-0.3, -0.25) is 14.7 Å². The normalized spacial score (nSPS) is 19.6. The SMILES string of the molecule is O=C(O)C(F)(F)F.O=C(O)C(F)(F)F.O=C1CC2C(CCN2Cc2cccs2)N1Cc1ccncc1. The average Bonchev–Trinajstić information content (AvgIpc) is 3.49. The second-order valence-electron chi connectivity index (χ2n) is 7.66. The van der Waals surface area contributed by atoms with Crippen molar-refractivity contribution in [2.45, 2.75) is 50.4 Å². The van der Waals surface area contributed by atoms with Crippen molar-refractivity contribution in [3.8, 4) is 0 Å². The number of carbonyl (C=O) groups is 3. The quantitative estimate of drug-likeness (QED) is 0.567. The number of nitrogens with zero attached hydrogens (tertiary/aromatic N) is 3. The lowest BCUT2D eigenvalue weighted by Gasteiger charge is -2.25. The number of amides is 1. The van der Waals surface area contributed by atoms with Gasteiger partial charge in [0.25, 0.3) is 0 Å². The number of hydrogen-bond acceptors (Lipinski definition) is 6. The van der Waals surface area contributed by atoms with Crippen LogP contribution in [-0.2, 0) is 27.5 Å². The molecule has 0 radical (unpaired) electrons. The van der Waals surface area contributed by atoms with Gasteiger partial charge in [0, 0.05) is 55.4 Å². The third-order valence-corrected chi connectivity index (χ3v) is 6.12. The molecule has 2 aliphatic rings. The molecule has 2 aromatic rings. The molecule has 2 fully saturated rings. The monoisotopic (exact) mass is 541 g/mol. The summed E-state index contributed by atoms with van der Waals surface area (Å²) in [6.45, 7) is 2.79. The predicted octanol–water partition coefficient (Wildman–Crippen LogP) is 3.79. The largest absolute Gasteiger partial charge is 0.490 e. The maximum atomic E-state index is 12.4. The van der Waals surface area contributed by atoms with Gasteiger partial charge < -0.3 is 15.1 Å². The molecule has 15 heteroatoms. The molecule has 0 bridgehead atoms. The Hall–Kier alpha value is -3.20. The maximum absolute atomic E-state index is 12.4. The number of carboxylic acid groups (broad SMARTS) is 2. The topological polar surface area (TPSA) is 111 Å². The van der Waals surface area contributed by atoms with Gasteiger partial charge in [-0.15, -0.1) is 11.3 Å². The van der Waals surface area contributed by atoms with Gasteiger partial charge in [0.2, 0.25) is 5.91 Å². The number of aromatic nitrogens is 1. The Morgan fingerprint density at radius 2 is 1.53 bits per heavy atom. The van der Waals surface area contributed by atoms with Crippen LogP contribution in [0.15, 0.2) is 42.0 Å². The predicted molar refractivity (Wildman–Crippen MR) is 114 cm³/mol. The maximum Gasteiger partial charge on any atom is 0.490 e. The number of rotatable bonds is 4. The molecule has 4 rings (SSSR count). The van der Waals surface area contributed by atoms with E-state index in [2.05, 4.69) is 32.3 Å². The van der Waals surface area contributed by atoms with Gasteiger partial charge in [-0.05, 0) is 35.6 Å². The molecule has 2 atom stereocenters. The van der Waals surface area contributed by atoms with Crippen LogP contribution in [-0.4, -0.2) is 73.8 Å². The molecule has 198 valence electrons. The zero-order chi connectivity index (χ0) is 27.1. The molecule has 8 nitrogen and oxygen atoms in total. The van der Waals surface area contributed by atoms with E-state index in [1.807, 2.05) is 12.1 Å². The molecule has 0 spiro atoms. The van der Waals surface area contributed by atoms with Gasteiger partial charge >= 0.3 is 24.3 Å². The smallest absolute Gasteiger partial charge is 0.475 e. The molecule has 0 aliphatic carbocycles. The van der Waals surface area contributed by atoms with E-state index >= 15 is 0 Å². The van der Waals surface area contributed by atoms with Crippen LogP contribution in [0.1, 0.15) is 23.3 Å². The van der Waals surface area contributed by atoms with E-state index in [0.717, 1.165) is 26.1 Å². The Kier molecular flexibility index (Phi) is 9.81. The Balaban J connectivity index is 0.000000271. The van der Waals surface area contributed by atoms with Crippen molar-refractivity contribution in [3.05, 3.63) is 52.5 Å². The van der Waals surface area contributed by atoms with E-state index in [1.165, 1.54) is 10.4 Å². The molecule has 2 aromatic heterocycles. The number of carbonyl (C=O) groups excluding carboxylic acids is 1. The minimum atomic E-state index is -5.08. The highest BCUT2D eigenvalue weighted by molar-refractivity contribution is 7.09. The molecular weight excluding hydrogens is 520 g/mol. The Bertz CT molecular complexity index is 993. The second-order valence-corrected chi connectivity index (χ2v) is 8.69. The van der Waals surface area contributed by atoms with Crippen molar-refractivity contribution >= 4 is 29.2 Å². The van der Waals surface area contributed by atoms with E-state index in [9.17, 15) is 31.1 Å². The van der Waals surface area contributed by atoms with Crippen LogP contribution in [0.3, 0.4) is 0 Å². The van der Waals surface area contributed by atoms with Gasteiger partial charge in [0.1, 0.15) is 0 Å². The Morgan fingerprint density at radius 3 is 2.00 bits per heavy atom. The summed E-state index contributed by atoms with van der Waals surface area (Å²) in [5.74, 6) is -5.22. The van der Waals surface area contributed by atoms with Crippen LogP contribution >= 0.6 is 11.3 Å². The summed E-state index contributed by atoms with van der Waals surface area (Å²) in [7, 11) is 0. The van der Waals surface area contributed by atoms with Gasteiger partial charge in [0.05, 0.1) is 0 Å². The lowest BCUT2D eigenvalue weighted by atomic mass is 10.1. The molecule has 2 unspecified atom stereocenters. The first-order valence-electron chi connectivity index (χ1n) is 10.2. The summed E-state index contributed by atoms with van der Waals surface area (Å²) < 4.78 is 63.5. The standard InChI is InChI=1S/C17H19N3OS.2C2HF3O2/c21-17-10-16-15(20(17)11-13-3-6-18-7-4-13)5-8-19(16)12-14-2-1-9-22-14;2*3-2(4,5)1(6)7/h1-4,6-7,9,15-16H,5,8,10-12H2;2*(H,6,7). The van der Waals surface area contributed by atoms with Crippen LogP contribution < -0.4 is 0 Å². The lowest BCUT2D eigenvalue weighted by Crippen LogP contribution is -2.36. The third-order valence-electron chi connectivity index (χ3n) is 5.26. The molecule has 2 N–H and O–H groups in total. The molecular formula is C21H21F6N3O5S. The number of thiophene rings is 1. The second kappa shape index (κ2) is 12.2. The van der Waals surface area contributed by atoms with Crippen molar-refractivity contribution in [3.63, 3.8) is 0 Å². The van der Waals surface area contributed by atoms with Crippen LogP contribution in [0.25, 0.3) is 0 Å². The van der Waals surface area contributed by atoms with Crippen molar-refractivity contribution in [2.24, 2.45) is 0 Å². The zero-order valence-corrected chi connectivity index (χ0v) is 19.2. The minimum Gasteiger partial charge on any atom is -0.475 e. The van der Waals surface area contributed by atoms with Crippen molar-refractivity contribution in [1.82, 2.24) is 14.8 Å². The number of carboxylic acids is 2. The summed E-state index contributed by atoms with van der Waals surface area (Å²) in [4.78, 5) is 40.2. The number of hydrogen-bond donors (Lipinski definition) is 2. The van der Waals surface area contributed by atoms with Gasteiger partial charge in [-0.25, -0.2) is 9.59 Å². The van der Waals surface area contributed by atoms with Crippen molar-refractivity contribution in [1.29, 1.82) is 0 Å². The van der Waals surface area contributed by atoms with Crippen molar-refractivity contribution in [2.75, 3.05) is 6.54 Å². The fraction of sp³-hybridized carbons (Fsp3) is 0.429. The number of likely N-dealkylation sites (tertiary alicyclic amines) is 2. The summed E-state index contributed by atoms with van der Waals surface area (Å²) in [6.07, 6.45) is -4.82. The summed E-state index contributed by atoms with van der Waals surface area (Å²) >= 11 is 1.80. The number of halogens is 6. The number of fused-ring (bicyclic) bond motifs is 1. The highest BCUT2D eigenvalue weighted by atomic mass is 32.1. The van der Waals surface area contributed by atoms with E-state index in [0.29, 0.717) is 24.4 Å². The zero-order valence-electron chi connectivity index (χ0n) is 18.4. The molecule has 2 saturated heterocycles. The molecule has 36 heavy (non-hydrogen) atoms. The molecule has 4 heterocycles. The van der Waals surface area contributed by atoms with E-state index in [-0.39, 0.29) is 0 Å². The van der Waals surface area contributed by atoms with E-state index < -0.39 is 24.3 Å².